The van der Waals surface area contributed by atoms with Gasteiger partial charge in [0, 0.05) is 26.1 Å². The average molecular weight is 384 g/mol. The molecule has 0 aromatic heterocycles. The maximum atomic E-state index is 6.44. The summed E-state index contributed by atoms with van der Waals surface area (Å²) in [7, 11) is -1.34. The highest BCUT2D eigenvalue weighted by Crippen LogP contribution is 2.27. The van der Waals surface area contributed by atoms with Crippen LogP contribution in [0.4, 0.5) is 0 Å². The Kier molecular flexibility index (Phi) is 9.39. The van der Waals surface area contributed by atoms with Gasteiger partial charge in [-0.1, -0.05) is 57.5 Å². The van der Waals surface area contributed by atoms with Gasteiger partial charge in [0.1, 0.15) is 5.72 Å². The Morgan fingerprint density at radius 2 is 1.69 bits per heavy atom. The molecule has 0 aliphatic carbocycles. The largest absolute Gasteiger partial charge is 0.504 e. The number of rotatable bonds is 13. The van der Waals surface area contributed by atoms with Crippen molar-refractivity contribution in [3.63, 3.8) is 0 Å². The van der Waals surface area contributed by atoms with Crippen molar-refractivity contribution in [1.82, 2.24) is 10.6 Å². The molecule has 0 saturated carbocycles. The fourth-order valence-electron chi connectivity index (χ4n) is 2.76. The van der Waals surface area contributed by atoms with Crippen LogP contribution in [0.25, 0.3) is 0 Å². The number of hydrogen-bond donors (Lipinski definition) is 3. The van der Waals surface area contributed by atoms with Gasteiger partial charge in [-0.3, -0.25) is 16.4 Å². The van der Waals surface area contributed by atoms with Crippen molar-refractivity contribution in [1.29, 1.82) is 0 Å². The molecule has 2 unspecified atom stereocenters. The van der Waals surface area contributed by atoms with E-state index in [2.05, 4.69) is 29.7 Å². The van der Waals surface area contributed by atoms with Gasteiger partial charge in [0.05, 0.1) is 0 Å². The maximum absolute atomic E-state index is 6.44. The van der Waals surface area contributed by atoms with Crippen molar-refractivity contribution in [2.45, 2.75) is 71.6 Å². The van der Waals surface area contributed by atoms with Gasteiger partial charge in [-0.25, -0.2) is 0 Å². The lowest BCUT2D eigenvalue weighted by atomic mass is 10.2. The van der Waals surface area contributed by atoms with Gasteiger partial charge < -0.3 is 13.3 Å². The molecule has 2 atom stereocenters. The topological polar surface area (TPSA) is 77.8 Å². The molecule has 0 saturated heterocycles. The summed E-state index contributed by atoms with van der Waals surface area (Å²) in [5.74, 6) is -0.957. The second-order valence-corrected chi connectivity index (χ2v) is 9.65. The lowest BCUT2D eigenvalue weighted by Gasteiger charge is -2.42. The Morgan fingerprint density at radius 3 is 2.19 bits per heavy atom. The van der Waals surface area contributed by atoms with Gasteiger partial charge in [0.15, 0.2) is 5.85 Å². The molecule has 0 aliphatic heterocycles. The molecular weight excluding hydrogens is 346 g/mol. The van der Waals surface area contributed by atoms with E-state index in [-0.39, 0.29) is 0 Å². The highest BCUT2D eigenvalue weighted by Gasteiger charge is 2.49. The Labute approximate surface area is 160 Å². The van der Waals surface area contributed by atoms with E-state index < -0.39 is 20.4 Å². The first-order chi connectivity index (χ1) is 12.2. The van der Waals surface area contributed by atoms with Crippen LogP contribution in [0.1, 0.15) is 53.0 Å². The molecule has 0 radical (unpaired) electrons. The summed E-state index contributed by atoms with van der Waals surface area (Å²) in [4.78, 5) is 0. The summed E-state index contributed by atoms with van der Waals surface area (Å²) >= 11 is 0. The van der Waals surface area contributed by atoms with E-state index in [1.54, 1.807) is 7.11 Å². The molecule has 4 N–H and O–H groups in total. The first-order valence-corrected chi connectivity index (χ1v) is 11.4. The molecule has 26 heavy (non-hydrogen) atoms. The predicted octanol–water partition coefficient (Wildman–Crippen LogP) is 3.17. The molecule has 1 aromatic carbocycles. The maximum Gasteiger partial charge on any atom is 0.504 e. The number of nitrogens with one attached hydrogen (secondary N) is 2. The normalized spacial score (nSPS) is 16.9. The van der Waals surface area contributed by atoms with Crippen LogP contribution in [0, 0.1) is 0 Å². The number of benzene rings is 1. The summed E-state index contributed by atoms with van der Waals surface area (Å²) in [6, 6.07) is 10.9. The molecule has 150 valence electrons. The molecule has 1 rings (SSSR count). The minimum absolute atomic E-state index is 0.615. The Hall–Kier alpha value is -0.803. The second-order valence-electron chi connectivity index (χ2n) is 6.96. The van der Waals surface area contributed by atoms with E-state index in [0.29, 0.717) is 25.6 Å². The summed E-state index contributed by atoms with van der Waals surface area (Å²) in [6.45, 7) is 11.5. The van der Waals surface area contributed by atoms with Gasteiger partial charge >= 0.3 is 8.80 Å². The third kappa shape index (κ3) is 7.44. The minimum atomic E-state index is -2.99. The predicted molar refractivity (Wildman–Crippen MR) is 108 cm³/mol. The molecular formula is C19H37N3O3Si. The summed E-state index contributed by atoms with van der Waals surface area (Å²) < 4.78 is 18.6. The summed E-state index contributed by atoms with van der Waals surface area (Å²) in [5, 5.41) is 6.66. The zero-order valence-corrected chi connectivity index (χ0v) is 18.2. The number of nitrogens with two attached hydrogens (primary N) is 1. The quantitative estimate of drug-likeness (QED) is 0.359. The van der Waals surface area contributed by atoms with Crippen molar-refractivity contribution in [3.8, 4) is 0 Å². The van der Waals surface area contributed by atoms with Crippen LogP contribution in [-0.2, 0) is 19.8 Å². The first kappa shape index (κ1) is 23.2. The lowest BCUT2D eigenvalue weighted by molar-refractivity contribution is -0.0840. The van der Waals surface area contributed by atoms with Gasteiger partial charge in [0.2, 0.25) is 0 Å². The highest BCUT2D eigenvalue weighted by molar-refractivity contribution is 6.60. The zero-order chi connectivity index (χ0) is 19.7. The van der Waals surface area contributed by atoms with E-state index in [9.17, 15) is 0 Å². The van der Waals surface area contributed by atoms with E-state index in [0.717, 1.165) is 6.42 Å². The van der Waals surface area contributed by atoms with E-state index >= 15 is 0 Å². The van der Waals surface area contributed by atoms with Gasteiger partial charge in [-0.05, 0) is 26.0 Å². The van der Waals surface area contributed by atoms with E-state index in [1.807, 2.05) is 45.9 Å². The van der Waals surface area contributed by atoms with Crippen LogP contribution in [-0.4, -0.2) is 34.0 Å². The fourth-order valence-corrected chi connectivity index (χ4v) is 5.61. The molecule has 1 aromatic rings. The van der Waals surface area contributed by atoms with Crippen molar-refractivity contribution in [2.75, 3.05) is 13.7 Å². The Morgan fingerprint density at radius 1 is 1.04 bits per heavy atom. The van der Waals surface area contributed by atoms with E-state index in [1.165, 1.54) is 5.56 Å². The van der Waals surface area contributed by atoms with Crippen molar-refractivity contribution >= 4 is 8.80 Å². The molecule has 0 amide bonds. The van der Waals surface area contributed by atoms with Gasteiger partial charge in [0.25, 0.3) is 0 Å². The Bertz CT molecular complexity index is 518. The molecule has 7 heteroatoms. The van der Waals surface area contributed by atoms with Gasteiger partial charge in [-0.15, -0.1) is 0 Å². The van der Waals surface area contributed by atoms with Crippen molar-refractivity contribution in [2.24, 2.45) is 5.73 Å². The van der Waals surface area contributed by atoms with Crippen LogP contribution >= 0.6 is 0 Å². The highest BCUT2D eigenvalue weighted by atomic mass is 28.4. The van der Waals surface area contributed by atoms with Gasteiger partial charge in [-0.2, -0.15) is 0 Å². The lowest BCUT2D eigenvalue weighted by Crippen LogP contribution is -2.65. The van der Waals surface area contributed by atoms with Crippen LogP contribution in [0.15, 0.2) is 30.3 Å². The molecule has 0 heterocycles. The van der Waals surface area contributed by atoms with Crippen LogP contribution in [0.2, 0.25) is 6.04 Å². The third-order valence-electron chi connectivity index (χ3n) is 4.18. The molecule has 0 spiro atoms. The average Bonchev–Trinajstić information content (AvgIpc) is 2.61. The molecule has 0 aliphatic rings. The van der Waals surface area contributed by atoms with Crippen LogP contribution in [0.3, 0.4) is 0 Å². The van der Waals surface area contributed by atoms with Crippen LogP contribution < -0.4 is 16.4 Å². The van der Waals surface area contributed by atoms with Crippen molar-refractivity contribution in [3.05, 3.63) is 35.9 Å². The standard InChI is InChI=1S/C19H37N3O3Si/c1-7-15-26(23-6,25-19(20,8-2)21-9-3)24-18(4,5)22-16-17-13-11-10-12-14-17/h10-14,21-22H,7-9,15-16,20H2,1-6H3. The third-order valence-corrected chi connectivity index (χ3v) is 7.41. The van der Waals surface area contributed by atoms with E-state index in [4.69, 9.17) is 19.0 Å². The fraction of sp³-hybridized carbons (Fsp3) is 0.684. The Balaban J connectivity index is 2.89. The molecule has 0 fully saturated rings. The number of hydrogen-bond acceptors (Lipinski definition) is 6. The van der Waals surface area contributed by atoms with Crippen LogP contribution in [0.5, 0.6) is 0 Å². The SMILES string of the molecule is CCC[Si](OC)(OC(C)(C)NCc1ccccc1)OC(N)(CC)NCC. The first-order valence-electron chi connectivity index (χ1n) is 9.52. The smallest absolute Gasteiger partial charge is 0.377 e. The summed E-state index contributed by atoms with van der Waals surface area (Å²) in [6.07, 6.45) is 1.50. The monoisotopic (exact) mass is 383 g/mol. The zero-order valence-electron chi connectivity index (χ0n) is 17.2. The molecule has 0 bridgehead atoms. The second kappa shape index (κ2) is 10.5. The minimum Gasteiger partial charge on any atom is -0.377 e. The summed E-state index contributed by atoms with van der Waals surface area (Å²) in [5.41, 5.74) is 6.98. The molecule has 6 nitrogen and oxygen atoms in total. The van der Waals surface area contributed by atoms with Crippen molar-refractivity contribution < 1.29 is 13.3 Å².